The number of allylic oxidation sites excluding steroid dienone is 1. The monoisotopic (exact) mass is 520 g/mol. The minimum atomic E-state index is -0.821. The highest BCUT2D eigenvalue weighted by molar-refractivity contribution is 5.76. The van der Waals surface area contributed by atoms with Crippen molar-refractivity contribution < 1.29 is 29.6 Å². The predicted octanol–water partition coefficient (Wildman–Crippen LogP) is 3.53. The molecule has 0 aliphatic carbocycles. The van der Waals surface area contributed by atoms with Crippen LogP contribution < -0.4 is 20.1 Å². The quantitative estimate of drug-likeness (QED) is 0.221. The first-order valence-electron chi connectivity index (χ1n) is 12.4. The zero-order valence-corrected chi connectivity index (χ0v) is 21.9. The molecule has 0 radical (unpaired) electrons. The molecule has 0 saturated heterocycles. The van der Waals surface area contributed by atoms with Gasteiger partial charge in [0.1, 0.15) is 17.2 Å². The van der Waals surface area contributed by atoms with Crippen molar-refractivity contribution in [3.05, 3.63) is 101 Å². The summed E-state index contributed by atoms with van der Waals surface area (Å²) in [5.74, 6) is 1.25. The van der Waals surface area contributed by atoms with Crippen LogP contribution in [0.5, 0.6) is 17.2 Å². The van der Waals surface area contributed by atoms with Gasteiger partial charge in [-0.2, -0.15) is 0 Å². The lowest BCUT2D eigenvalue weighted by atomic mass is 10.0. The number of ether oxygens (including phenoxy) is 2. The van der Waals surface area contributed by atoms with Crippen molar-refractivity contribution in [3.8, 4) is 17.2 Å². The molecule has 1 amide bonds. The van der Waals surface area contributed by atoms with Gasteiger partial charge < -0.3 is 35.4 Å². The van der Waals surface area contributed by atoms with E-state index in [4.69, 9.17) is 9.47 Å². The van der Waals surface area contributed by atoms with Crippen molar-refractivity contribution in [3.63, 3.8) is 0 Å². The Morgan fingerprint density at radius 1 is 0.974 bits per heavy atom. The zero-order chi connectivity index (χ0) is 27.5. The lowest BCUT2D eigenvalue weighted by Crippen LogP contribution is -2.23. The maximum atomic E-state index is 12.5. The SMILES string of the molecule is C=C(Cc1cccc(CCC(=O)NCc2c(OC)cccc2OC)c1)NC[C@H](O)c1ccc(O)c(CO)c1. The highest BCUT2D eigenvalue weighted by atomic mass is 16.5. The maximum absolute atomic E-state index is 12.5. The molecule has 0 fully saturated rings. The Labute approximate surface area is 223 Å². The van der Waals surface area contributed by atoms with E-state index in [0.717, 1.165) is 22.4 Å². The van der Waals surface area contributed by atoms with E-state index >= 15 is 0 Å². The Morgan fingerprint density at radius 3 is 2.34 bits per heavy atom. The first-order valence-corrected chi connectivity index (χ1v) is 12.4. The smallest absolute Gasteiger partial charge is 0.220 e. The number of phenols is 1. The Balaban J connectivity index is 1.47. The molecule has 0 heterocycles. The number of benzene rings is 3. The first-order chi connectivity index (χ1) is 18.3. The van der Waals surface area contributed by atoms with Gasteiger partial charge in [0.05, 0.1) is 39.0 Å². The number of aliphatic hydroxyl groups excluding tert-OH is 2. The minimum absolute atomic E-state index is 0.00478. The van der Waals surface area contributed by atoms with Crippen LogP contribution in [-0.2, 0) is 30.8 Å². The van der Waals surface area contributed by atoms with E-state index in [-0.39, 0.29) is 24.8 Å². The Bertz CT molecular complexity index is 1220. The number of amides is 1. The molecule has 8 nitrogen and oxygen atoms in total. The third-order valence-corrected chi connectivity index (χ3v) is 6.25. The molecule has 0 bridgehead atoms. The molecule has 0 aliphatic rings. The first kappa shape index (κ1) is 28.6. The van der Waals surface area contributed by atoms with E-state index in [9.17, 15) is 20.1 Å². The Morgan fingerprint density at radius 2 is 1.66 bits per heavy atom. The average molecular weight is 521 g/mol. The summed E-state index contributed by atoms with van der Waals surface area (Å²) in [5.41, 5.74) is 4.58. The summed E-state index contributed by atoms with van der Waals surface area (Å²) < 4.78 is 10.8. The minimum Gasteiger partial charge on any atom is -0.508 e. The molecule has 0 unspecified atom stereocenters. The van der Waals surface area contributed by atoms with E-state index < -0.39 is 6.10 Å². The van der Waals surface area contributed by atoms with Gasteiger partial charge in [-0.1, -0.05) is 43.0 Å². The summed E-state index contributed by atoms with van der Waals surface area (Å²) in [6.45, 7) is 4.31. The number of carbonyl (C=O) groups excluding carboxylic acids is 1. The van der Waals surface area contributed by atoms with Gasteiger partial charge in [-0.3, -0.25) is 4.79 Å². The molecular weight excluding hydrogens is 484 g/mol. The molecule has 0 aliphatic heterocycles. The van der Waals surface area contributed by atoms with E-state index in [1.54, 1.807) is 26.4 Å². The molecular formula is C30H36N2O6. The molecule has 38 heavy (non-hydrogen) atoms. The molecule has 3 rings (SSSR count). The molecule has 0 saturated carbocycles. The van der Waals surface area contributed by atoms with Crippen molar-refractivity contribution in [2.45, 2.75) is 38.5 Å². The van der Waals surface area contributed by atoms with Crippen LogP contribution in [0.15, 0.2) is 72.9 Å². The molecule has 3 aromatic carbocycles. The largest absolute Gasteiger partial charge is 0.508 e. The maximum Gasteiger partial charge on any atom is 0.220 e. The van der Waals surface area contributed by atoms with Crippen molar-refractivity contribution in [1.82, 2.24) is 10.6 Å². The summed E-state index contributed by atoms with van der Waals surface area (Å²) in [7, 11) is 3.17. The number of methoxy groups -OCH3 is 2. The second-order valence-corrected chi connectivity index (χ2v) is 8.96. The third-order valence-electron chi connectivity index (χ3n) is 6.25. The van der Waals surface area contributed by atoms with Crippen LogP contribution in [0.3, 0.4) is 0 Å². The average Bonchev–Trinajstić information content (AvgIpc) is 2.93. The van der Waals surface area contributed by atoms with E-state index in [2.05, 4.69) is 17.2 Å². The van der Waals surface area contributed by atoms with Gasteiger partial charge in [0.2, 0.25) is 5.91 Å². The van der Waals surface area contributed by atoms with Crippen LogP contribution in [0.2, 0.25) is 0 Å². The van der Waals surface area contributed by atoms with Crippen LogP contribution in [0.25, 0.3) is 0 Å². The summed E-state index contributed by atoms with van der Waals surface area (Å²) in [5, 5.41) is 35.6. The van der Waals surface area contributed by atoms with Crippen molar-refractivity contribution in [1.29, 1.82) is 0 Å². The highest BCUT2D eigenvalue weighted by Gasteiger charge is 2.13. The van der Waals surface area contributed by atoms with E-state index in [1.807, 2.05) is 42.5 Å². The van der Waals surface area contributed by atoms with Crippen LogP contribution in [0.1, 0.15) is 40.3 Å². The highest BCUT2D eigenvalue weighted by Crippen LogP contribution is 2.28. The molecule has 0 aromatic heterocycles. The van der Waals surface area contributed by atoms with Gasteiger partial charge >= 0.3 is 0 Å². The summed E-state index contributed by atoms with van der Waals surface area (Å²) >= 11 is 0. The fraction of sp³-hybridized carbons (Fsp3) is 0.300. The lowest BCUT2D eigenvalue weighted by Gasteiger charge is -2.16. The van der Waals surface area contributed by atoms with Crippen LogP contribution in [0.4, 0.5) is 0 Å². The molecule has 202 valence electrons. The Hall–Kier alpha value is -4.01. The third kappa shape index (κ3) is 7.99. The van der Waals surface area contributed by atoms with Crippen LogP contribution >= 0.6 is 0 Å². The van der Waals surface area contributed by atoms with Gasteiger partial charge in [0, 0.05) is 30.6 Å². The van der Waals surface area contributed by atoms with Crippen molar-refractivity contribution >= 4 is 5.91 Å². The molecule has 3 aromatic rings. The lowest BCUT2D eigenvalue weighted by molar-refractivity contribution is -0.121. The number of carbonyl (C=O) groups is 1. The van der Waals surface area contributed by atoms with Gasteiger partial charge in [-0.05, 0) is 47.4 Å². The molecule has 0 spiro atoms. The van der Waals surface area contributed by atoms with Gasteiger partial charge in [0.15, 0.2) is 0 Å². The number of aryl methyl sites for hydroxylation is 1. The number of nitrogens with one attached hydrogen (secondary N) is 2. The fourth-order valence-corrected chi connectivity index (χ4v) is 4.14. The normalized spacial score (nSPS) is 11.5. The van der Waals surface area contributed by atoms with Gasteiger partial charge in [-0.15, -0.1) is 0 Å². The van der Waals surface area contributed by atoms with E-state index in [0.29, 0.717) is 48.4 Å². The standard InChI is InChI=1S/C30H36N2O6/c1-20(31-18-27(35)23-11-12-26(34)24(16-23)19-33)14-22-7-4-6-21(15-22)10-13-30(36)32-17-25-28(37-2)8-5-9-29(25)38-3/h4-9,11-12,15-16,27,31,33-35H,1,10,13-14,17-19H2,2-3H3,(H,32,36)/t27-/m0/s1. The molecule has 5 N–H and O–H groups in total. The second-order valence-electron chi connectivity index (χ2n) is 8.96. The van der Waals surface area contributed by atoms with Crippen molar-refractivity contribution in [2.24, 2.45) is 0 Å². The number of aliphatic hydroxyl groups is 2. The summed E-state index contributed by atoms with van der Waals surface area (Å²) in [6.07, 6.45) is 0.681. The zero-order valence-electron chi connectivity index (χ0n) is 21.9. The summed E-state index contributed by atoms with van der Waals surface area (Å²) in [6, 6.07) is 18.2. The van der Waals surface area contributed by atoms with Gasteiger partial charge in [-0.25, -0.2) is 0 Å². The van der Waals surface area contributed by atoms with Crippen LogP contribution in [-0.4, -0.2) is 42.0 Å². The topological polar surface area (TPSA) is 120 Å². The summed E-state index contributed by atoms with van der Waals surface area (Å²) in [4.78, 5) is 12.5. The second kappa shape index (κ2) is 14.1. The number of aromatic hydroxyl groups is 1. The van der Waals surface area contributed by atoms with Crippen molar-refractivity contribution in [2.75, 3.05) is 20.8 Å². The number of hydrogen-bond donors (Lipinski definition) is 5. The number of hydrogen-bond acceptors (Lipinski definition) is 7. The molecule has 1 atom stereocenters. The van der Waals surface area contributed by atoms with E-state index in [1.165, 1.54) is 6.07 Å². The van der Waals surface area contributed by atoms with Gasteiger partial charge in [0.25, 0.3) is 0 Å². The van der Waals surface area contributed by atoms with Crippen LogP contribution in [0, 0.1) is 0 Å². The molecule has 8 heteroatoms. The number of rotatable bonds is 14. The Kier molecular flexibility index (Phi) is 10.6. The fourth-order valence-electron chi connectivity index (χ4n) is 4.14. The predicted molar refractivity (Wildman–Crippen MR) is 146 cm³/mol.